The highest BCUT2D eigenvalue weighted by Crippen LogP contribution is 2.18. The van der Waals surface area contributed by atoms with Gasteiger partial charge in [0.15, 0.2) is 6.10 Å². The van der Waals surface area contributed by atoms with Crippen molar-refractivity contribution >= 4 is 17.9 Å². The van der Waals surface area contributed by atoms with Gasteiger partial charge < -0.3 is 14.2 Å². The highest BCUT2D eigenvalue weighted by Gasteiger charge is 2.19. The molecular weight excluding hydrogens is 997 g/mol. The monoisotopic (exact) mass is 1130 g/mol. The predicted molar refractivity (Wildman–Crippen MR) is 353 cm³/mol. The maximum atomic E-state index is 12.9. The molecule has 0 heterocycles. The van der Waals surface area contributed by atoms with E-state index in [0.717, 1.165) is 96.3 Å². The maximum Gasteiger partial charge on any atom is 0.306 e. The first-order valence-electron chi connectivity index (χ1n) is 35.1. The Morgan fingerprint density at radius 2 is 0.481 bits per heavy atom. The lowest BCUT2D eigenvalue weighted by atomic mass is 10.0. The van der Waals surface area contributed by atoms with Crippen LogP contribution in [-0.4, -0.2) is 37.2 Å². The number of allylic oxidation sites excluding steroid dienone is 14. The average molecular weight is 1130 g/mol. The van der Waals surface area contributed by atoms with Crippen LogP contribution >= 0.6 is 0 Å². The van der Waals surface area contributed by atoms with Gasteiger partial charge in [-0.3, -0.25) is 14.4 Å². The zero-order valence-electron chi connectivity index (χ0n) is 53.8. The van der Waals surface area contributed by atoms with E-state index in [4.69, 9.17) is 14.2 Å². The summed E-state index contributed by atoms with van der Waals surface area (Å²) in [5.41, 5.74) is 0. The third-order valence-electron chi connectivity index (χ3n) is 15.4. The number of carbonyl (C=O) groups is 3. The Hall–Kier alpha value is -3.41. The van der Waals surface area contributed by atoms with Gasteiger partial charge in [-0.05, 0) is 96.3 Å². The molecule has 0 saturated carbocycles. The number of carbonyl (C=O) groups excluding carboxylic acids is 3. The van der Waals surface area contributed by atoms with E-state index in [1.165, 1.54) is 218 Å². The summed E-state index contributed by atoms with van der Waals surface area (Å²) in [5, 5.41) is 0. The predicted octanol–water partition coefficient (Wildman–Crippen LogP) is 24.2. The largest absolute Gasteiger partial charge is 0.462 e. The standard InChI is InChI=1S/C75H132O6/c1-4-7-10-13-16-19-22-25-28-30-31-32-33-34-35-36-37-38-39-40-41-42-43-45-47-50-53-56-59-62-65-68-74(77)80-71-72(70-79-73(76)67-64-61-58-55-52-49-46-27-24-21-18-15-12-9-6-3)81-75(78)69-66-63-60-57-54-51-48-44-29-26-23-20-17-14-11-8-5-2/h9,12,18,21-22,25,27,30-31,33-34,46,52,55,72H,4-8,10-11,13-17,19-20,23-24,26,28-29,32,35-45,47-51,53-54,56-71H2,1-3H3/b12-9-,21-18-,25-22-,31-30-,34-33-,46-27-,55-52-. The first kappa shape index (κ1) is 77.6. The zero-order valence-corrected chi connectivity index (χ0v) is 53.8. The molecule has 0 rings (SSSR count). The maximum absolute atomic E-state index is 12.9. The molecule has 0 saturated heterocycles. The van der Waals surface area contributed by atoms with E-state index in [1.807, 2.05) is 0 Å². The van der Waals surface area contributed by atoms with Crippen molar-refractivity contribution in [1.29, 1.82) is 0 Å². The summed E-state index contributed by atoms with van der Waals surface area (Å²) < 4.78 is 16.9. The molecule has 0 N–H and O–H groups in total. The minimum atomic E-state index is -0.792. The van der Waals surface area contributed by atoms with Gasteiger partial charge in [-0.15, -0.1) is 0 Å². The first-order chi connectivity index (χ1) is 40.0. The SMILES string of the molecule is CC/C=C\C/C=C\C/C=C\C/C=C\CCCCC(=O)OCC(COC(=O)CCCCCCCCCCCCCCCCCC/C=C\C/C=C\C/C=C\CCCCCCC)OC(=O)CCCCCCCCCCCCCCCCCCC. The summed E-state index contributed by atoms with van der Waals surface area (Å²) in [6, 6.07) is 0. The number of hydrogen-bond donors (Lipinski definition) is 0. The van der Waals surface area contributed by atoms with Crippen LogP contribution in [0.25, 0.3) is 0 Å². The Kier molecular flexibility index (Phi) is 66.2. The molecule has 0 aromatic heterocycles. The average Bonchev–Trinajstić information content (AvgIpc) is 3.47. The number of esters is 3. The zero-order chi connectivity index (χ0) is 58.5. The molecule has 1 unspecified atom stereocenters. The Bertz CT molecular complexity index is 1530. The van der Waals surface area contributed by atoms with Crippen LogP contribution in [0.2, 0.25) is 0 Å². The molecule has 0 aliphatic heterocycles. The Labute approximate surface area is 503 Å². The lowest BCUT2D eigenvalue weighted by Gasteiger charge is -2.18. The van der Waals surface area contributed by atoms with Crippen LogP contribution < -0.4 is 0 Å². The van der Waals surface area contributed by atoms with Gasteiger partial charge in [0, 0.05) is 19.3 Å². The molecule has 6 nitrogen and oxygen atoms in total. The normalized spacial score (nSPS) is 12.6. The molecule has 1 atom stereocenters. The molecular formula is C75H132O6. The fourth-order valence-corrected chi connectivity index (χ4v) is 10.2. The minimum Gasteiger partial charge on any atom is -0.462 e. The van der Waals surface area contributed by atoms with E-state index in [-0.39, 0.29) is 31.1 Å². The van der Waals surface area contributed by atoms with Crippen LogP contribution in [0.15, 0.2) is 85.1 Å². The summed E-state index contributed by atoms with van der Waals surface area (Å²) >= 11 is 0. The van der Waals surface area contributed by atoms with Crippen LogP contribution in [0.1, 0.15) is 355 Å². The van der Waals surface area contributed by atoms with E-state index in [0.29, 0.717) is 19.3 Å². The van der Waals surface area contributed by atoms with Gasteiger partial charge in [-0.25, -0.2) is 0 Å². The molecule has 0 aromatic rings. The lowest BCUT2D eigenvalue weighted by molar-refractivity contribution is -0.167. The van der Waals surface area contributed by atoms with Gasteiger partial charge in [0.25, 0.3) is 0 Å². The van der Waals surface area contributed by atoms with Crippen molar-refractivity contribution < 1.29 is 28.6 Å². The van der Waals surface area contributed by atoms with Crippen molar-refractivity contribution in [3.05, 3.63) is 85.1 Å². The fraction of sp³-hybridized carbons (Fsp3) is 0.773. The molecule has 0 aliphatic rings. The van der Waals surface area contributed by atoms with Crippen LogP contribution in [-0.2, 0) is 28.6 Å². The molecule has 0 aliphatic carbocycles. The van der Waals surface area contributed by atoms with Crippen LogP contribution in [0.3, 0.4) is 0 Å². The number of rotatable bonds is 64. The molecule has 0 radical (unpaired) electrons. The van der Waals surface area contributed by atoms with Crippen molar-refractivity contribution in [2.45, 2.75) is 361 Å². The third kappa shape index (κ3) is 67.3. The molecule has 0 fully saturated rings. The number of ether oxygens (including phenoxy) is 3. The van der Waals surface area contributed by atoms with Gasteiger partial charge in [-0.1, -0.05) is 324 Å². The number of unbranched alkanes of at least 4 members (excludes halogenated alkanes) is 39. The van der Waals surface area contributed by atoms with Crippen molar-refractivity contribution in [3.63, 3.8) is 0 Å². The topological polar surface area (TPSA) is 78.9 Å². The smallest absolute Gasteiger partial charge is 0.306 e. The second-order valence-electron chi connectivity index (χ2n) is 23.4. The first-order valence-corrected chi connectivity index (χ1v) is 35.1. The van der Waals surface area contributed by atoms with Crippen LogP contribution in [0.4, 0.5) is 0 Å². The Morgan fingerprint density at radius 1 is 0.259 bits per heavy atom. The number of hydrogen-bond acceptors (Lipinski definition) is 6. The summed E-state index contributed by atoms with van der Waals surface area (Å²) in [6.45, 7) is 6.53. The molecule has 81 heavy (non-hydrogen) atoms. The Morgan fingerprint density at radius 3 is 0.778 bits per heavy atom. The van der Waals surface area contributed by atoms with Crippen molar-refractivity contribution in [3.8, 4) is 0 Å². The van der Waals surface area contributed by atoms with Gasteiger partial charge >= 0.3 is 17.9 Å². The van der Waals surface area contributed by atoms with Crippen molar-refractivity contribution in [1.82, 2.24) is 0 Å². The summed E-state index contributed by atoms with van der Waals surface area (Å²) in [6.07, 6.45) is 91.9. The lowest BCUT2D eigenvalue weighted by Crippen LogP contribution is -2.30. The quantitative estimate of drug-likeness (QED) is 0.0261. The fourth-order valence-electron chi connectivity index (χ4n) is 10.2. The van der Waals surface area contributed by atoms with Crippen LogP contribution in [0.5, 0.6) is 0 Å². The molecule has 0 spiro atoms. The Balaban J connectivity index is 4.24. The van der Waals surface area contributed by atoms with Gasteiger partial charge in [0.2, 0.25) is 0 Å². The van der Waals surface area contributed by atoms with E-state index in [2.05, 4.69) is 106 Å². The van der Waals surface area contributed by atoms with E-state index in [9.17, 15) is 14.4 Å². The van der Waals surface area contributed by atoms with Crippen LogP contribution in [0, 0.1) is 0 Å². The van der Waals surface area contributed by atoms with E-state index < -0.39 is 6.10 Å². The van der Waals surface area contributed by atoms with Crippen molar-refractivity contribution in [2.24, 2.45) is 0 Å². The van der Waals surface area contributed by atoms with Gasteiger partial charge in [-0.2, -0.15) is 0 Å². The molecule has 0 bridgehead atoms. The highest BCUT2D eigenvalue weighted by molar-refractivity contribution is 5.71. The molecule has 0 amide bonds. The second-order valence-corrected chi connectivity index (χ2v) is 23.4. The van der Waals surface area contributed by atoms with E-state index in [1.54, 1.807) is 0 Å². The van der Waals surface area contributed by atoms with Crippen molar-refractivity contribution in [2.75, 3.05) is 13.2 Å². The molecule has 0 aromatic carbocycles. The second kappa shape index (κ2) is 69.1. The molecule has 468 valence electrons. The highest BCUT2D eigenvalue weighted by atomic mass is 16.6. The van der Waals surface area contributed by atoms with Gasteiger partial charge in [0.05, 0.1) is 0 Å². The minimum absolute atomic E-state index is 0.0858. The van der Waals surface area contributed by atoms with E-state index >= 15 is 0 Å². The third-order valence-corrected chi connectivity index (χ3v) is 15.4. The summed E-state index contributed by atoms with van der Waals surface area (Å²) in [5.74, 6) is -0.910. The molecule has 6 heteroatoms. The van der Waals surface area contributed by atoms with Gasteiger partial charge in [0.1, 0.15) is 13.2 Å². The summed E-state index contributed by atoms with van der Waals surface area (Å²) in [7, 11) is 0. The summed E-state index contributed by atoms with van der Waals surface area (Å²) in [4.78, 5) is 38.4.